The summed E-state index contributed by atoms with van der Waals surface area (Å²) in [5.41, 5.74) is 2.55. The van der Waals surface area contributed by atoms with Crippen molar-refractivity contribution in [1.82, 2.24) is 0 Å². The average Bonchev–Trinajstić information content (AvgIpc) is 2.45. The molecular formula is C15H12Br2N2O. The summed E-state index contributed by atoms with van der Waals surface area (Å²) in [4.78, 5) is 0. The lowest BCUT2D eigenvalue weighted by atomic mass is 10.1. The van der Waals surface area contributed by atoms with Crippen molar-refractivity contribution in [3.8, 4) is 11.8 Å². The van der Waals surface area contributed by atoms with Crippen LogP contribution in [0.2, 0.25) is 0 Å². The molecule has 0 bridgehead atoms. The topological polar surface area (TPSA) is 45.0 Å². The Morgan fingerprint density at radius 2 is 1.85 bits per heavy atom. The van der Waals surface area contributed by atoms with Crippen LogP contribution in [-0.2, 0) is 6.54 Å². The van der Waals surface area contributed by atoms with Gasteiger partial charge in [-0.15, -0.1) is 0 Å². The molecule has 0 aliphatic carbocycles. The highest BCUT2D eigenvalue weighted by atomic mass is 79.9. The van der Waals surface area contributed by atoms with Crippen LogP contribution in [0.25, 0.3) is 0 Å². The smallest absolute Gasteiger partial charge is 0.147 e. The summed E-state index contributed by atoms with van der Waals surface area (Å²) in [7, 11) is 1.63. The van der Waals surface area contributed by atoms with E-state index in [0.29, 0.717) is 12.1 Å². The molecule has 0 heterocycles. The molecule has 0 aliphatic heterocycles. The number of hydrogen-bond acceptors (Lipinski definition) is 3. The standard InChI is InChI=1S/C15H12Br2N2O/c1-20-15-12(16)6-10(7-13(15)17)9-19-14-5-3-2-4-11(14)8-18/h2-7,19H,9H2,1H3. The van der Waals surface area contributed by atoms with Crippen LogP contribution < -0.4 is 10.1 Å². The van der Waals surface area contributed by atoms with Gasteiger partial charge >= 0.3 is 0 Å². The Bertz CT molecular complexity index is 642. The van der Waals surface area contributed by atoms with E-state index in [9.17, 15) is 0 Å². The lowest BCUT2D eigenvalue weighted by Gasteiger charge is -2.11. The number of nitriles is 1. The van der Waals surface area contributed by atoms with Gasteiger partial charge in [-0.1, -0.05) is 12.1 Å². The minimum Gasteiger partial charge on any atom is -0.494 e. The first-order valence-electron chi connectivity index (χ1n) is 5.90. The second-order valence-electron chi connectivity index (χ2n) is 4.10. The van der Waals surface area contributed by atoms with E-state index in [1.54, 1.807) is 13.2 Å². The normalized spacial score (nSPS) is 9.90. The summed E-state index contributed by atoms with van der Waals surface area (Å²) >= 11 is 6.95. The highest BCUT2D eigenvalue weighted by Crippen LogP contribution is 2.34. The van der Waals surface area contributed by atoms with Crippen molar-refractivity contribution in [3.63, 3.8) is 0 Å². The summed E-state index contributed by atoms with van der Waals surface area (Å²) in [5.74, 6) is 0.770. The van der Waals surface area contributed by atoms with E-state index in [-0.39, 0.29) is 0 Å². The largest absolute Gasteiger partial charge is 0.494 e. The van der Waals surface area contributed by atoms with E-state index in [4.69, 9.17) is 10.00 Å². The van der Waals surface area contributed by atoms with Crippen molar-refractivity contribution in [3.05, 3.63) is 56.5 Å². The van der Waals surface area contributed by atoms with Gasteiger partial charge in [0.15, 0.2) is 0 Å². The zero-order chi connectivity index (χ0) is 14.5. The number of halogens is 2. The molecule has 2 aromatic carbocycles. The van der Waals surface area contributed by atoms with Crippen molar-refractivity contribution in [2.45, 2.75) is 6.54 Å². The van der Waals surface area contributed by atoms with Crippen LogP contribution in [0.3, 0.4) is 0 Å². The predicted molar refractivity (Wildman–Crippen MR) is 86.9 cm³/mol. The van der Waals surface area contributed by atoms with Crippen LogP contribution in [0.15, 0.2) is 45.3 Å². The molecule has 0 atom stereocenters. The van der Waals surface area contributed by atoms with Crippen LogP contribution in [0.1, 0.15) is 11.1 Å². The van der Waals surface area contributed by atoms with E-state index in [0.717, 1.165) is 25.9 Å². The first-order chi connectivity index (χ1) is 9.65. The Labute approximate surface area is 134 Å². The molecule has 2 rings (SSSR count). The lowest BCUT2D eigenvalue weighted by molar-refractivity contribution is 0.409. The number of para-hydroxylation sites is 1. The fourth-order valence-electron chi connectivity index (χ4n) is 1.84. The molecule has 0 saturated heterocycles. The van der Waals surface area contributed by atoms with E-state index >= 15 is 0 Å². The number of nitrogens with one attached hydrogen (secondary N) is 1. The number of rotatable bonds is 4. The van der Waals surface area contributed by atoms with Gasteiger partial charge in [-0.25, -0.2) is 0 Å². The maximum Gasteiger partial charge on any atom is 0.147 e. The summed E-state index contributed by atoms with van der Waals surface area (Å²) in [6, 6.07) is 13.6. The quantitative estimate of drug-likeness (QED) is 0.815. The predicted octanol–water partition coefficient (Wildman–Crippen LogP) is 4.70. The third kappa shape index (κ3) is 3.33. The van der Waals surface area contributed by atoms with Crippen molar-refractivity contribution in [2.75, 3.05) is 12.4 Å². The van der Waals surface area contributed by atoms with Crippen LogP contribution in [0, 0.1) is 11.3 Å². The fourth-order valence-corrected chi connectivity index (χ4v) is 3.45. The van der Waals surface area contributed by atoms with Crippen molar-refractivity contribution >= 4 is 37.5 Å². The second-order valence-corrected chi connectivity index (χ2v) is 5.81. The van der Waals surface area contributed by atoms with Gasteiger partial charge in [0.05, 0.1) is 27.3 Å². The zero-order valence-electron chi connectivity index (χ0n) is 10.8. The molecule has 0 spiro atoms. The Balaban J connectivity index is 2.18. The molecule has 2 aromatic rings. The molecule has 0 saturated carbocycles. The average molecular weight is 396 g/mol. The fraction of sp³-hybridized carbons (Fsp3) is 0.133. The van der Waals surface area contributed by atoms with Crippen LogP contribution in [-0.4, -0.2) is 7.11 Å². The van der Waals surface area contributed by atoms with Gasteiger partial charge in [-0.2, -0.15) is 5.26 Å². The van der Waals surface area contributed by atoms with Gasteiger partial charge in [0, 0.05) is 6.54 Å². The Kier molecular flexibility index (Phi) is 5.05. The summed E-state index contributed by atoms with van der Waals surface area (Å²) in [6.45, 7) is 0.625. The van der Waals surface area contributed by atoms with Crippen LogP contribution in [0.5, 0.6) is 5.75 Å². The number of methoxy groups -OCH3 is 1. The maximum absolute atomic E-state index is 9.05. The molecule has 102 valence electrons. The highest BCUT2D eigenvalue weighted by Gasteiger charge is 2.08. The number of benzene rings is 2. The molecule has 5 heteroatoms. The van der Waals surface area contributed by atoms with Crippen molar-refractivity contribution in [1.29, 1.82) is 5.26 Å². The maximum atomic E-state index is 9.05. The van der Waals surface area contributed by atoms with E-state index in [1.807, 2.05) is 30.3 Å². The minimum absolute atomic E-state index is 0.625. The highest BCUT2D eigenvalue weighted by molar-refractivity contribution is 9.11. The van der Waals surface area contributed by atoms with Gasteiger partial charge in [-0.3, -0.25) is 0 Å². The molecule has 20 heavy (non-hydrogen) atoms. The first kappa shape index (κ1) is 14.9. The molecule has 0 aliphatic rings. The molecule has 0 amide bonds. The summed E-state index contributed by atoms with van der Waals surface area (Å²) in [6.07, 6.45) is 0. The SMILES string of the molecule is COc1c(Br)cc(CNc2ccccc2C#N)cc1Br. The van der Waals surface area contributed by atoms with Gasteiger partial charge in [-0.05, 0) is 61.7 Å². The lowest BCUT2D eigenvalue weighted by Crippen LogP contribution is -2.01. The van der Waals surface area contributed by atoms with E-state index in [1.165, 1.54) is 0 Å². The molecule has 0 unspecified atom stereocenters. The van der Waals surface area contributed by atoms with Gasteiger partial charge in [0.25, 0.3) is 0 Å². The van der Waals surface area contributed by atoms with Gasteiger partial charge in [0.1, 0.15) is 11.8 Å². The van der Waals surface area contributed by atoms with E-state index < -0.39 is 0 Å². The molecule has 3 nitrogen and oxygen atoms in total. The summed E-state index contributed by atoms with van der Waals surface area (Å²) in [5, 5.41) is 12.3. The third-order valence-corrected chi connectivity index (χ3v) is 3.97. The van der Waals surface area contributed by atoms with Gasteiger partial charge in [0.2, 0.25) is 0 Å². The number of ether oxygens (including phenoxy) is 1. The number of hydrogen-bond donors (Lipinski definition) is 1. The van der Waals surface area contributed by atoms with Crippen LogP contribution in [0.4, 0.5) is 5.69 Å². The van der Waals surface area contributed by atoms with Crippen molar-refractivity contribution < 1.29 is 4.74 Å². The van der Waals surface area contributed by atoms with Gasteiger partial charge < -0.3 is 10.1 Å². The van der Waals surface area contributed by atoms with Crippen LogP contribution >= 0.6 is 31.9 Å². The Morgan fingerprint density at radius 3 is 2.45 bits per heavy atom. The Morgan fingerprint density at radius 1 is 1.20 bits per heavy atom. The monoisotopic (exact) mass is 394 g/mol. The molecular weight excluding hydrogens is 384 g/mol. The number of nitrogens with zero attached hydrogens (tertiary/aromatic N) is 1. The number of anilines is 1. The minimum atomic E-state index is 0.625. The first-order valence-corrected chi connectivity index (χ1v) is 7.49. The van der Waals surface area contributed by atoms with Crippen molar-refractivity contribution in [2.24, 2.45) is 0 Å². The van der Waals surface area contributed by atoms with E-state index in [2.05, 4.69) is 43.2 Å². The molecule has 0 fully saturated rings. The third-order valence-electron chi connectivity index (χ3n) is 2.79. The Hall–Kier alpha value is -1.51. The summed E-state index contributed by atoms with van der Waals surface area (Å²) < 4.78 is 7.05. The molecule has 0 aromatic heterocycles. The molecule has 1 N–H and O–H groups in total. The molecule has 0 radical (unpaired) electrons. The zero-order valence-corrected chi connectivity index (χ0v) is 14.0. The second kappa shape index (κ2) is 6.78.